The van der Waals surface area contributed by atoms with Crippen molar-refractivity contribution in [1.29, 1.82) is 0 Å². The molecule has 1 atom stereocenters. The van der Waals surface area contributed by atoms with Crippen molar-refractivity contribution >= 4 is 23.5 Å². The summed E-state index contributed by atoms with van der Waals surface area (Å²) in [6, 6.07) is 0. The standard InChI is InChI=1S/C8H18BrO3P/c1-4-7-8(9)13(10,11-5-2)12-6-3/h8H,4-7H2,1-3H3. The second-order valence-electron chi connectivity index (χ2n) is 2.60. The highest BCUT2D eigenvalue weighted by Gasteiger charge is 2.32. The molecular formula is C8H18BrO3P. The molecule has 13 heavy (non-hydrogen) atoms. The molecule has 3 nitrogen and oxygen atoms in total. The summed E-state index contributed by atoms with van der Waals surface area (Å²) >= 11 is 3.35. The van der Waals surface area contributed by atoms with E-state index in [9.17, 15) is 4.57 Å². The predicted octanol–water partition coefficient (Wildman–Crippen LogP) is 3.77. The van der Waals surface area contributed by atoms with Crippen molar-refractivity contribution in [3.05, 3.63) is 0 Å². The summed E-state index contributed by atoms with van der Waals surface area (Å²) in [4.78, 5) is 0. The van der Waals surface area contributed by atoms with Gasteiger partial charge in [0.2, 0.25) is 0 Å². The van der Waals surface area contributed by atoms with Crippen molar-refractivity contribution in [1.82, 2.24) is 0 Å². The lowest BCUT2D eigenvalue weighted by molar-refractivity contribution is 0.218. The maximum absolute atomic E-state index is 12.0. The third-order valence-corrected chi connectivity index (χ3v) is 5.63. The zero-order chi connectivity index (χ0) is 10.3. The molecule has 0 radical (unpaired) electrons. The first kappa shape index (κ1) is 13.6. The highest BCUT2D eigenvalue weighted by atomic mass is 79.9. The van der Waals surface area contributed by atoms with Gasteiger partial charge in [-0.25, -0.2) is 0 Å². The van der Waals surface area contributed by atoms with Crippen molar-refractivity contribution in [3.63, 3.8) is 0 Å². The van der Waals surface area contributed by atoms with Gasteiger partial charge in [-0.2, -0.15) is 0 Å². The Bertz CT molecular complexity index is 165. The Morgan fingerprint density at radius 3 is 2.00 bits per heavy atom. The lowest BCUT2D eigenvalue weighted by atomic mass is 10.4. The van der Waals surface area contributed by atoms with E-state index in [1.807, 2.05) is 20.8 Å². The largest absolute Gasteiger partial charge is 0.344 e. The van der Waals surface area contributed by atoms with Crippen LogP contribution in [0.15, 0.2) is 0 Å². The lowest BCUT2D eigenvalue weighted by Gasteiger charge is -2.21. The highest BCUT2D eigenvalue weighted by molar-refractivity contribution is 9.10. The summed E-state index contributed by atoms with van der Waals surface area (Å²) < 4.78 is 22.2. The Hall–Kier alpha value is 0.630. The van der Waals surface area contributed by atoms with Gasteiger partial charge in [-0.05, 0) is 20.3 Å². The molecule has 0 heterocycles. The Morgan fingerprint density at radius 1 is 1.23 bits per heavy atom. The molecule has 0 aliphatic carbocycles. The van der Waals surface area contributed by atoms with Crippen LogP contribution in [0.2, 0.25) is 0 Å². The summed E-state index contributed by atoms with van der Waals surface area (Å²) in [5.41, 5.74) is 0. The van der Waals surface area contributed by atoms with Crippen LogP contribution in [0.1, 0.15) is 33.6 Å². The number of hydrogen-bond donors (Lipinski definition) is 0. The van der Waals surface area contributed by atoms with Crippen LogP contribution in [0.4, 0.5) is 0 Å². The zero-order valence-corrected chi connectivity index (χ0v) is 10.9. The van der Waals surface area contributed by atoms with Gasteiger partial charge < -0.3 is 9.05 Å². The molecule has 0 rings (SSSR count). The predicted molar refractivity (Wildman–Crippen MR) is 58.5 cm³/mol. The first-order chi connectivity index (χ1) is 6.10. The van der Waals surface area contributed by atoms with E-state index in [0.717, 1.165) is 12.8 Å². The van der Waals surface area contributed by atoms with Crippen LogP contribution in [-0.2, 0) is 13.6 Å². The van der Waals surface area contributed by atoms with Crippen molar-refractivity contribution in [3.8, 4) is 0 Å². The molecule has 0 amide bonds. The molecule has 0 bridgehead atoms. The van der Waals surface area contributed by atoms with Crippen molar-refractivity contribution in [2.24, 2.45) is 0 Å². The molecule has 0 aliphatic heterocycles. The van der Waals surface area contributed by atoms with Crippen LogP contribution < -0.4 is 0 Å². The van der Waals surface area contributed by atoms with Gasteiger partial charge in [0, 0.05) is 0 Å². The molecule has 0 aromatic carbocycles. The molecule has 0 aromatic rings. The molecule has 1 unspecified atom stereocenters. The third-order valence-electron chi connectivity index (χ3n) is 1.49. The van der Waals surface area contributed by atoms with Gasteiger partial charge in [0.1, 0.15) is 4.57 Å². The Labute approximate surface area is 88.9 Å². The molecule has 0 aromatic heterocycles. The molecule has 0 saturated carbocycles. The molecular weight excluding hydrogens is 255 g/mol. The first-order valence-electron chi connectivity index (χ1n) is 4.63. The smallest absolute Gasteiger partial charge is 0.308 e. The molecule has 0 N–H and O–H groups in total. The maximum Gasteiger partial charge on any atom is 0.344 e. The van der Waals surface area contributed by atoms with Crippen LogP contribution in [0.25, 0.3) is 0 Å². The Kier molecular flexibility index (Phi) is 7.33. The van der Waals surface area contributed by atoms with Gasteiger partial charge in [-0.3, -0.25) is 4.57 Å². The van der Waals surface area contributed by atoms with E-state index in [2.05, 4.69) is 15.9 Å². The van der Waals surface area contributed by atoms with Gasteiger partial charge in [0.15, 0.2) is 0 Å². The van der Waals surface area contributed by atoms with Crippen LogP contribution in [-0.4, -0.2) is 17.8 Å². The molecule has 80 valence electrons. The first-order valence-corrected chi connectivity index (χ1v) is 7.16. The van der Waals surface area contributed by atoms with E-state index in [-0.39, 0.29) is 4.57 Å². The minimum Gasteiger partial charge on any atom is -0.308 e. The van der Waals surface area contributed by atoms with Crippen LogP contribution in [0.5, 0.6) is 0 Å². The van der Waals surface area contributed by atoms with Crippen LogP contribution >= 0.6 is 23.5 Å². The fourth-order valence-corrected chi connectivity index (χ4v) is 3.81. The normalized spacial score (nSPS) is 14.5. The maximum atomic E-state index is 12.0. The molecule has 5 heteroatoms. The van der Waals surface area contributed by atoms with E-state index in [4.69, 9.17) is 9.05 Å². The van der Waals surface area contributed by atoms with E-state index in [0.29, 0.717) is 13.2 Å². The summed E-state index contributed by atoms with van der Waals surface area (Å²) in [5, 5.41) is 0. The number of rotatable bonds is 7. The Morgan fingerprint density at radius 2 is 1.69 bits per heavy atom. The summed E-state index contributed by atoms with van der Waals surface area (Å²) in [6.07, 6.45) is 1.76. The van der Waals surface area contributed by atoms with E-state index < -0.39 is 7.60 Å². The van der Waals surface area contributed by atoms with Gasteiger partial charge in [0.25, 0.3) is 0 Å². The van der Waals surface area contributed by atoms with Crippen molar-refractivity contribution in [2.75, 3.05) is 13.2 Å². The SMILES string of the molecule is CCCC(Br)P(=O)(OCC)OCC. The molecule has 0 spiro atoms. The van der Waals surface area contributed by atoms with Crippen molar-refractivity contribution in [2.45, 2.75) is 38.2 Å². The summed E-state index contributed by atoms with van der Waals surface area (Å²) in [5.74, 6) is 0. The average Bonchev–Trinajstić information content (AvgIpc) is 2.05. The van der Waals surface area contributed by atoms with Gasteiger partial charge >= 0.3 is 7.60 Å². The second-order valence-corrected chi connectivity index (χ2v) is 6.63. The van der Waals surface area contributed by atoms with E-state index in [1.165, 1.54) is 0 Å². The van der Waals surface area contributed by atoms with Crippen molar-refractivity contribution < 1.29 is 13.6 Å². The Balaban J connectivity index is 4.28. The van der Waals surface area contributed by atoms with E-state index >= 15 is 0 Å². The fraction of sp³-hybridized carbons (Fsp3) is 1.00. The minimum absolute atomic E-state index is 0.176. The quantitative estimate of drug-likeness (QED) is 0.523. The van der Waals surface area contributed by atoms with Crippen LogP contribution in [0, 0.1) is 0 Å². The summed E-state index contributed by atoms with van der Waals surface area (Å²) in [7, 11) is -2.91. The second kappa shape index (κ2) is 6.99. The minimum atomic E-state index is -2.91. The fourth-order valence-electron chi connectivity index (χ4n) is 0.955. The average molecular weight is 273 g/mol. The lowest BCUT2D eigenvalue weighted by Crippen LogP contribution is -2.06. The zero-order valence-electron chi connectivity index (χ0n) is 8.46. The highest BCUT2D eigenvalue weighted by Crippen LogP contribution is 2.56. The number of alkyl halides is 1. The van der Waals surface area contributed by atoms with E-state index in [1.54, 1.807) is 0 Å². The van der Waals surface area contributed by atoms with Gasteiger partial charge in [-0.1, -0.05) is 29.3 Å². The number of halogens is 1. The molecule has 0 fully saturated rings. The van der Waals surface area contributed by atoms with Gasteiger partial charge in [0.05, 0.1) is 13.2 Å². The van der Waals surface area contributed by atoms with Gasteiger partial charge in [-0.15, -0.1) is 0 Å². The van der Waals surface area contributed by atoms with Crippen LogP contribution in [0.3, 0.4) is 0 Å². The topological polar surface area (TPSA) is 35.5 Å². The molecule has 0 aliphatic rings. The summed E-state index contributed by atoms with van der Waals surface area (Å²) in [6.45, 7) is 6.51. The number of hydrogen-bond acceptors (Lipinski definition) is 3. The monoisotopic (exact) mass is 272 g/mol. The third kappa shape index (κ3) is 4.59. The molecule has 0 saturated heterocycles.